The summed E-state index contributed by atoms with van der Waals surface area (Å²) >= 11 is 0. The molecule has 1 aromatic carbocycles. The van der Waals surface area contributed by atoms with Gasteiger partial charge in [-0.1, -0.05) is 68.2 Å². The highest BCUT2D eigenvalue weighted by Gasteiger charge is 2.26. The maximum absolute atomic E-state index is 11.7. The first kappa shape index (κ1) is 25.3. The standard InChI is InChI=1S/C23H36O5Si/c1-6-21(22(23(24)25)27-17-20-12-8-7-9-13-20)14-10-11-19(2)28-18-26-15-16-29(3,4)5/h6-13,19,21-22H,1,14-18H2,2-5H3,(H,24,25)/t19-,21-,22?/m1/s1. The highest BCUT2D eigenvalue weighted by atomic mass is 28.3. The van der Waals surface area contributed by atoms with Crippen LogP contribution in [0.4, 0.5) is 0 Å². The zero-order valence-corrected chi connectivity index (χ0v) is 19.2. The van der Waals surface area contributed by atoms with Crippen molar-refractivity contribution < 1.29 is 24.1 Å². The Morgan fingerprint density at radius 2 is 1.90 bits per heavy atom. The van der Waals surface area contributed by atoms with E-state index in [0.717, 1.165) is 18.2 Å². The largest absolute Gasteiger partial charge is 0.479 e. The van der Waals surface area contributed by atoms with Crippen LogP contribution in [0.5, 0.6) is 0 Å². The van der Waals surface area contributed by atoms with Gasteiger partial charge in [-0.25, -0.2) is 4.79 Å². The topological polar surface area (TPSA) is 65.0 Å². The number of hydrogen-bond donors (Lipinski definition) is 1. The molecule has 0 saturated carbocycles. The third kappa shape index (κ3) is 11.8. The third-order valence-electron chi connectivity index (χ3n) is 4.43. The molecule has 0 radical (unpaired) electrons. The van der Waals surface area contributed by atoms with Gasteiger partial charge in [0.25, 0.3) is 0 Å². The molecule has 0 aliphatic carbocycles. The van der Waals surface area contributed by atoms with Gasteiger partial charge >= 0.3 is 5.97 Å². The molecular formula is C23H36O5Si. The number of ether oxygens (including phenoxy) is 3. The molecule has 1 aromatic rings. The summed E-state index contributed by atoms with van der Waals surface area (Å²) in [7, 11) is -1.08. The van der Waals surface area contributed by atoms with E-state index in [0.29, 0.717) is 6.42 Å². The number of carboxylic acid groups (broad SMARTS) is 1. The fourth-order valence-corrected chi connectivity index (χ4v) is 3.31. The minimum Gasteiger partial charge on any atom is -0.479 e. The maximum Gasteiger partial charge on any atom is 0.333 e. The van der Waals surface area contributed by atoms with Crippen LogP contribution < -0.4 is 0 Å². The fourth-order valence-electron chi connectivity index (χ4n) is 2.56. The van der Waals surface area contributed by atoms with Gasteiger partial charge in [-0.2, -0.15) is 0 Å². The van der Waals surface area contributed by atoms with Gasteiger partial charge in [-0.05, 0) is 25.0 Å². The molecule has 1 unspecified atom stereocenters. The first-order chi connectivity index (χ1) is 13.7. The summed E-state index contributed by atoms with van der Waals surface area (Å²) in [6, 6.07) is 10.6. The molecule has 29 heavy (non-hydrogen) atoms. The molecule has 0 aliphatic heterocycles. The van der Waals surface area contributed by atoms with Gasteiger partial charge in [0.1, 0.15) is 6.79 Å². The van der Waals surface area contributed by atoms with Gasteiger partial charge in [-0.3, -0.25) is 0 Å². The van der Waals surface area contributed by atoms with Crippen molar-refractivity contribution in [3.05, 3.63) is 60.7 Å². The average molecular weight is 421 g/mol. The van der Waals surface area contributed by atoms with Crippen molar-refractivity contribution in [2.24, 2.45) is 5.92 Å². The molecule has 0 fully saturated rings. The molecule has 0 bridgehead atoms. The number of hydrogen-bond acceptors (Lipinski definition) is 4. The van der Waals surface area contributed by atoms with E-state index in [2.05, 4.69) is 26.2 Å². The second-order valence-electron chi connectivity index (χ2n) is 8.33. The van der Waals surface area contributed by atoms with E-state index in [9.17, 15) is 9.90 Å². The van der Waals surface area contributed by atoms with Gasteiger partial charge in [0.15, 0.2) is 6.10 Å². The molecule has 0 aromatic heterocycles. The van der Waals surface area contributed by atoms with Gasteiger partial charge < -0.3 is 19.3 Å². The fraction of sp³-hybridized carbons (Fsp3) is 0.522. The lowest BCUT2D eigenvalue weighted by molar-refractivity contribution is -0.154. The van der Waals surface area contributed by atoms with Gasteiger partial charge in [0.05, 0.1) is 12.7 Å². The molecular weight excluding hydrogens is 384 g/mol. The lowest BCUT2D eigenvalue weighted by atomic mass is 9.98. The van der Waals surface area contributed by atoms with E-state index in [1.54, 1.807) is 6.08 Å². The predicted molar refractivity (Wildman–Crippen MR) is 120 cm³/mol. The summed E-state index contributed by atoms with van der Waals surface area (Å²) < 4.78 is 16.8. The first-order valence-corrected chi connectivity index (χ1v) is 13.8. The first-order valence-electron chi connectivity index (χ1n) is 10.1. The molecule has 0 aliphatic rings. The summed E-state index contributed by atoms with van der Waals surface area (Å²) in [6.45, 7) is 13.9. The second kappa shape index (κ2) is 13.5. The second-order valence-corrected chi connectivity index (χ2v) is 13.9. The van der Waals surface area contributed by atoms with Crippen molar-refractivity contribution in [1.82, 2.24) is 0 Å². The Labute approximate surface area is 176 Å². The van der Waals surface area contributed by atoms with Crippen LogP contribution in [0.25, 0.3) is 0 Å². The van der Waals surface area contributed by atoms with Gasteiger partial charge in [0.2, 0.25) is 0 Å². The van der Waals surface area contributed by atoms with Gasteiger partial charge in [0, 0.05) is 20.6 Å². The van der Waals surface area contributed by atoms with E-state index in [1.165, 1.54) is 0 Å². The zero-order valence-electron chi connectivity index (χ0n) is 18.2. The quantitative estimate of drug-likeness (QED) is 0.185. The molecule has 5 nitrogen and oxygen atoms in total. The predicted octanol–water partition coefficient (Wildman–Crippen LogP) is 5.12. The van der Waals surface area contributed by atoms with Crippen LogP contribution in [0.15, 0.2) is 55.1 Å². The van der Waals surface area contributed by atoms with Crippen molar-refractivity contribution in [3.8, 4) is 0 Å². The van der Waals surface area contributed by atoms with Crippen LogP contribution in [0.2, 0.25) is 25.7 Å². The van der Waals surface area contributed by atoms with Crippen molar-refractivity contribution in [1.29, 1.82) is 0 Å². The lowest BCUT2D eigenvalue weighted by Crippen LogP contribution is -2.31. The average Bonchev–Trinajstić information content (AvgIpc) is 2.66. The number of aliphatic carboxylic acids is 1. The Morgan fingerprint density at radius 1 is 1.21 bits per heavy atom. The maximum atomic E-state index is 11.7. The minimum atomic E-state index is -1.08. The molecule has 6 heteroatoms. The molecule has 162 valence electrons. The zero-order chi connectivity index (χ0) is 21.7. The number of carbonyl (C=O) groups is 1. The minimum absolute atomic E-state index is 0.110. The van der Waals surface area contributed by atoms with Crippen molar-refractivity contribution in [2.75, 3.05) is 13.4 Å². The monoisotopic (exact) mass is 420 g/mol. The van der Waals surface area contributed by atoms with E-state index in [1.807, 2.05) is 49.4 Å². The van der Waals surface area contributed by atoms with E-state index >= 15 is 0 Å². The van der Waals surface area contributed by atoms with E-state index in [4.69, 9.17) is 14.2 Å². The van der Waals surface area contributed by atoms with Crippen LogP contribution in [-0.4, -0.2) is 44.8 Å². The van der Waals surface area contributed by atoms with Gasteiger partial charge in [-0.15, -0.1) is 6.58 Å². The van der Waals surface area contributed by atoms with Crippen LogP contribution in [0, 0.1) is 5.92 Å². The summed E-state index contributed by atoms with van der Waals surface area (Å²) in [5, 5.41) is 9.55. The summed E-state index contributed by atoms with van der Waals surface area (Å²) in [6.07, 6.45) is 4.92. The van der Waals surface area contributed by atoms with E-state index < -0.39 is 20.1 Å². The number of allylic oxidation sites excluding steroid dienone is 1. The Morgan fingerprint density at radius 3 is 2.48 bits per heavy atom. The lowest BCUT2D eigenvalue weighted by Gasteiger charge is -2.20. The molecule has 0 amide bonds. The Kier molecular flexibility index (Phi) is 11.8. The summed E-state index contributed by atoms with van der Waals surface area (Å²) in [5.41, 5.74) is 0.938. The van der Waals surface area contributed by atoms with E-state index in [-0.39, 0.29) is 25.4 Å². The Balaban J connectivity index is 2.42. The van der Waals surface area contributed by atoms with Crippen LogP contribution in [-0.2, 0) is 25.6 Å². The number of rotatable bonds is 15. The number of benzene rings is 1. The summed E-state index contributed by atoms with van der Waals surface area (Å²) in [4.78, 5) is 11.7. The smallest absolute Gasteiger partial charge is 0.333 e. The van der Waals surface area contributed by atoms with Crippen molar-refractivity contribution in [2.45, 2.75) is 57.8 Å². The molecule has 0 heterocycles. The molecule has 0 saturated heterocycles. The van der Waals surface area contributed by atoms with Crippen molar-refractivity contribution >= 4 is 14.0 Å². The molecule has 0 spiro atoms. The van der Waals surface area contributed by atoms with Crippen molar-refractivity contribution in [3.63, 3.8) is 0 Å². The normalized spacial score (nSPS) is 15.2. The Bertz CT molecular complexity index is 624. The summed E-state index contributed by atoms with van der Waals surface area (Å²) in [5.74, 6) is -1.31. The number of carboxylic acids is 1. The van der Waals surface area contributed by atoms with Crippen LogP contribution in [0.3, 0.4) is 0 Å². The SMILES string of the molecule is C=C[C@H](CC=C[C@@H](C)OCOCC[Si](C)(C)C)C(OCc1ccccc1)C(=O)O. The highest BCUT2D eigenvalue weighted by Crippen LogP contribution is 2.18. The third-order valence-corrected chi connectivity index (χ3v) is 6.14. The molecule has 1 N–H and O–H groups in total. The van der Waals surface area contributed by atoms with Crippen LogP contribution >= 0.6 is 0 Å². The van der Waals surface area contributed by atoms with Crippen LogP contribution in [0.1, 0.15) is 18.9 Å². The molecule has 3 atom stereocenters. The highest BCUT2D eigenvalue weighted by molar-refractivity contribution is 6.76. The molecule has 1 rings (SSSR count). The Hall–Kier alpha value is -1.73.